The number of rotatable bonds is 52. The molecule has 0 aromatic heterocycles. The summed E-state index contributed by atoms with van der Waals surface area (Å²) in [5, 5.41) is 2.60. The number of ether oxygens (including phenoxy) is 4. The van der Waals surface area contributed by atoms with Gasteiger partial charge in [-0.1, -0.05) is 0 Å². The second kappa shape index (κ2) is 40.4. The quantitative estimate of drug-likeness (QED) is 0.0199. The molecule has 18 N–H and O–H groups in total. The molecule has 2 heterocycles. The molecule has 0 bridgehead atoms. The summed E-state index contributed by atoms with van der Waals surface area (Å²) in [6.45, 7) is -12.9. The fraction of sp³-hybridized carbons (Fsp3) is 0.926. The van der Waals surface area contributed by atoms with Gasteiger partial charge in [-0.05, 0) is 6.42 Å². The molecule has 0 spiro atoms. The molecule has 0 unspecified atom stereocenters. The summed E-state index contributed by atoms with van der Waals surface area (Å²) in [5.41, 5.74) is 0. The first kappa shape index (κ1) is 108. The summed E-state index contributed by atoms with van der Waals surface area (Å²) >= 11 is 0. The van der Waals surface area contributed by atoms with Crippen LogP contribution in [0.1, 0.15) is 6.42 Å². The van der Waals surface area contributed by atoms with Crippen molar-refractivity contribution in [3.63, 3.8) is 0 Å². The third kappa shape index (κ3) is 46.0. The Labute approximate surface area is 643 Å². The van der Waals surface area contributed by atoms with Gasteiger partial charge in [0.15, 0.2) is 37.0 Å². The van der Waals surface area contributed by atoms with Crippen LogP contribution in [-0.2, 0) is 262 Å². The van der Waals surface area contributed by atoms with E-state index < -0.39 is 334 Å². The lowest BCUT2D eigenvalue weighted by Gasteiger charge is -2.43. The third-order valence-electron chi connectivity index (χ3n) is 11.5. The number of hydrogen-bond acceptors (Lipinski definition) is 54. The van der Waals surface area contributed by atoms with Gasteiger partial charge in [0.25, 0.3) is 11.8 Å². The van der Waals surface area contributed by atoms with Crippen molar-refractivity contribution in [1.29, 1.82) is 0 Å². The van der Waals surface area contributed by atoms with E-state index in [4.69, 9.17) is 28.1 Å². The summed E-state index contributed by atoms with van der Waals surface area (Å²) in [6.07, 6.45) is -69.3. The standard InChI is InChI=1S/C27H50N2O70S16/c30-24(20(96-112(68,69)70)16(92-108(56,57)58)14(90-106(50,51)52)10(86-102(38,39)40)4-80-26-22(98-114(74,75)76)18(94-110(62,63)64)12(88-104(44,45)46)8(84-26)6-82-100(32,33)34)28-2-1-3-29-25(31)21(97-113(71,72)73)17(93-109(59,60)61)15(91-107(53,54)55)11(87-103(41,42)43)5-81-27-23(99-115(77,78)79)19(95-111(65,66)67)13(89-105(47,48)49)9(85-27)7-83-101(35,36)37/h8-23,26-27H,1-7H2,(H,28,30)(H,29,31)(H,32,33,34)(H,35,36,37)(H,38,39,40)(H,41,42,43)(H,44,45,46)(H,47,48,49)(H,50,51,52)(H,53,54,55)(H,56,57,58)(H,59,60,61)(H,62,63,64)(H,65,66,67)(H,68,69,70)(H,71,72,73)(H,74,75,76)(H,77,78,79)/t8-,9-,10-,11-,12+,13+,14-,15-,16+,17+,18+,19+,20-,21-,22-,23-,26+,27+/m1/s1. The lowest BCUT2D eigenvalue weighted by atomic mass is 9.99. The van der Waals surface area contributed by atoms with Crippen LogP contribution in [0, 0.1) is 0 Å². The lowest BCUT2D eigenvalue weighted by Crippen LogP contribution is -2.63. The van der Waals surface area contributed by atoms with E-state index >= 15 is 0 Å². The molecule has 0 aromatic rings. The molecule has 2 saturated heterocycles. The number of carbonyl (C=O) groups excluding carboxylic acids is 2. The third-order valence-corrected chi connectivity index (χ3v) is 18.9. The van der Waals surface area contributed by atoms with Crippen molar-refractivity contribution in [2.24, 2.45) is 0 Å². The van der Waals surface area contributed by atoms with E-state index in [-0.39, 0.29) is 0 Å². The molecule has 18 atom stereocenters. The second-order valence-corrected chi connectivity index (χ2v) is 36.9. The van der Waals surface area contributed by atoms with E-state index in [1.807, 2.05) is 0 Å². The topological polar surface area (TPSA) is 1110 Å². The predicted octanol–water partition coefficient (Wildman–Crippen LogP) is -14.6. The van der Waals surface area contributed by atoms with E-state index in [0.717, 1.165) is 0 Å². The maximum Gasteiger partial charge on any atom is 0.398 e. The van der Waals surface area contributed by atoms with Crippen molar-refractivity contribution >= 4 is 178 Å². The number of hydrogen-bond donors (Lipinski definition) is 18. The van der Waals surface area contributed by atoms with Crippen LogP contribution in [0.4, 0.5) is 0 Å². The molecule has 0 saturated carbocycles. The van der Waals surface area contributed by atoms with Gasteiger partial charge in [0.2, 0.25) is 0 Å². The van der Waals surface area contributed by atoms with E-state index in [0.29, 0.717) is 0 Å². The molecule has 0 aliphatic carbocycles. The molecule has 2 aliphatic rings. The fourth-order valence-electron chi connectivity index (χ4n) is 8.39. The number of nitrogens with one attached hydrogen (secondary N) is 2. The van der Waals surface area contributed by atoms with Gasteiger partial charge < -0.3 is 29.6 Å². The normalized spacial score (nSPS) is 24.3. The molecular formula is C27H50N2O70S16. The van der Waals surface area contributed by atoms with E-state index in [2.05, 4.69) is 66.9 Å². The highest BCUT2D eigenvalue weighted by Gasteiger charge is 2.59. The lowest BCUT2D eigenvalue weighted by molar-refractivity contribution is -0.292. The van der Waals surface area contributed by atoms with Crippen LogP contribution >= 0.6 is 0 Å². The molecule has 2 amide bonds. The van der Waals surface area contributed by atoms with Crippen molar-refractivity contribution in [3.8, 4) is 0 Å². The molecule has 115 heavy (non-hydrogen) atoms. The average molecular weight is 2040 g/mol. The Morgan fingerprint density at radius 1 is 0.270 bits per heavy atom. The molecule has 72 nitrogen and oxygen atoms in total. The van der Waals surface area contributed by atoms with Crippen LogP contribution in [0.3, 0.4) is 0 Å². The molecule has 2 fully saturated rings. The highest BCUT2D eigenvalue weighted by atomic mass is 32.3. The monoisotopic (exact) mass is 2030 g/mol. The van der Waals surface area contributed by atoms with Gasteiger partial charge >= 0.3 is 166 Å². The zero-order valence-electron chi connectivity index (χ0n) is 53.1. The van der Waals surface area contributed by atoms with E-state index in [1.54, 1.807) is 0 Å². The van der Waals surface area contributed by atoms with Crippen molar-refractivity contribution < 1.29 is 303 Å². The molecule has 2 rings (SSSR count). The van der Waals surface area contributed by atoms with Crippen LogP contribution in [-0.4, -0.2) is 369 Å². The molecule has 0 radical (unpaired) electrons. The Morgan fingerprint density at radius 3 is 0.704 bits per heavy atom. The Hall–Kier alpha value is -3.30. The molecule has 88 heteroatoms. The van der Waals surface area contributed by atoms with Crippen molar-refractivity contribution in [1.82, 2.24) is 10.6 Å². The maximum absolute atomic E-state index is 13.9. The Morgan fingerprint density at radius 2 is 0.487 bits per heavy atom. The van der Waals surface area contributed by atoms with Crippen LogP contribution in [0.25, 0.3) is 0 Å². The predicted molar refractivity (Wildman–Crippen MR) is 325 cm³/mol. The minimum Gasteiger partial charge on any atom is -0.354 e. The molecule has 2 aliphatic heterocycles. The SMILES string of the molecule is O=C(NCCCNC(=O)[C@H](OS(=O)(=O)O)[C@@H](OS(=O)(=O)O)[C@H](OS(=O)(=O)O)[C@@H](CO[C@H]1O[C@H](COS(=O)(=O)O)[C@H](OS(=O)(=O)O)[C@H](OS(=O)(=O)O)[C@H]1OS(=O)(=O)O)OS(=O)(=O)O)[C@H](OS(=O)(=O)O)[C@@H](OS(=O)(=O)O)[C@H](OS(=O)(=O)O)[C@@H](CO[C@H]1O[C@H](COS(=O)(=O)O)[C@H](OS(=O)(=O)O)[C@H](OS(=O)(=O)O)[C@H]1OS(=O)(=O)O)OS(=O)(=O)O. The van der Waals surface area contributed by atoms with Crippen LogP contribution in [0.15, 0.2) is 0 Å². The van der Waals surface area contributed by atoms with Gasteiger partial charge in [-0.2, -0.15) is 135 Å². The molecule has 684 valence electrons. The maximum atomic E-state index is 13.9. The highest BCUT2D eigenvalue weighted by Crippen LogP contribution is 2.36. The van der Waals surface area contributed by atoms with Crippen molar-refractivity contribution in [2.75, 3.05) is 39.5 Å². The largest absolute Gasteiger partial charge is 0.398 e. The minimum atomic E-state index is -6.85. The van der Waals surface area contributed by atoms with E-state index in [9.17, 15) is 208 Å². The zero-order valence-corrected chi connectivity index (χ0v) is 66.1. The summed E-state index contributed by atoms with van der Waals surface area (Å²) in [6, 6.07) is 0. The van der Waals surface area contributed by atoms with Gasteiger partial charge in [-0.15, -0.1) is 0 Å². The summed E-state index contributed by atoms with van der Waals surface area (Å²) in [4.78, 5) is 27.8. The van der Waals surface area contributed by atoms with Crippen molar-refractivity contribution in [3.05, 3.63) is 0 Å². The number of carbonyl (C=O) groups is 2. The first-order valence-corrected chi connectivity index (χ1v) is 48.1. The summed E-state index contributed by atoms with van der Waals surface area (Å²) < 4.78 is 623. The molecular weight excluding hydrogens is 1990 g/mol. The average Bonchev–Trinajstić information content (AvgIpc) is 0.776. The molecule has 0 aromatic carbocycles. The van der Waals surface area contributed by atoms with E-state index in [1.165, 1.54) is 10.6 Å². The second-order valence-electron chi connectivity index (χ2n) is 20.0. The van der Waals surface area contributed by atoms with Gasteiger partial charge in [-0.25, -0.2) is 66.9 Å². The Kier molecular flexibility index (Phi) is 37.8. The first-order valence-electron chi connectivity index (χ1n) is 26.3. The van der Waals surface area contributed by atoms with Crippen LogP contribution in [0.2, 0.25) is 0 Å². The van der Waals surface area contributed by atoms with Gasteiger partial charge in [-0.3, -0.25) is 82.4 Å². The first-order chi connectivity index (χ1) is 50.8. The fourth-order valence-corrected chi connectivity index (χ4v) is 15.9. The minimum absolute atomic E-state index is 1.30. The van der Waals surface area contributed by atoms with Crippen molar-refractivity contribution in [2.45, 2.75) is 117 Å². The van der Waals surface area contributed by atoms with Gasteiger partial charge in [0, 0.05) is 13.1 Å². The van der Waals surface area contributed by atoms with Crippen LogP contribution in [0.5, 0.6) is 0 Å². The van der Waals surface area contributed by atoms with Gasteiger partial charge in [0.1, 0.15) is 73.2 Å². The summed E-state index contributed by atoms with van der Waals surface area (Å²) in [5.74, 6) is -5.42. The number of amides is 2. The zero-order chi connectivity index (χ0) is 90.1. The summed E-state index contributed by atoms with van der Waals surface area (Å²) in [7, 11) is -105. The Bertz CT molecular complexity index is 5030. The van der Waals surface area contributed by atoms with Crippen LogP contribution < -0.4 is 10.6 Å². The smallest absolute Gasteiger partial charge is 0.354 e. The highest BCUT2D eigenvalue weighted by molar-refractivity contribution is 7.84. The van der Waals surface area contributed by atoms with Gasteiger partial charge in [0.05, 0.1) is 26.4 Å². The Balaban J connectivity index is 3.01.